The lowest BCUT2D eigenvalue weighted by molar-refractivity contribution is -0.0145. The summed E-state index contributed by atoms with van der Waals surface area (Å²) in [4.78, 5) is 18.8. The summed E-state index contributed by atoms with van der Waals surface area (Å²) in [6.07, 6.45) is 2.89. The number of nitrogens with zero attached hydrogens (tertiary/aromatic N) is 2. The van der Waals surface area contributed by atoms with Crippen molar-refractivity contribution in [3.8, 4) is 5.75 Å². The van der Waals surface area contributed by atoms with Gasteiger partial charge in [-0.05, 0) is 37.1 Å². The third kappa shape index (κ3) is 4.61. The van der Waals surface area contributed by atoms with E-state index in [0.29, 0.717) is 43.7 Å². The molecule has 0 spiro atoms. The number of aromatic nitrogens is 1. The third-order valence-electron chi connectivity index (χ3n) is 5.87. The monoisotopic (exact) mass is 415 g/mol. The number of hydrogen-bond acceptors (Lipinski definition) is 6. The van der Waals surface area contributed by atoms with E-state index in [1.165, 1.54) is 18.3 Å². The number of amides is 1. The smallest absolute Gasteiger partial charge is 0.253 e. The highest BCUT2D eigenvalue weighted by molar-refractivity contribution is 5.94. The second-order valence-electron chi connectivity index (χ2n) is 7.92. The summed E-state index contributed by atoms with van der Waals surface area (Å²) in [6, 6.07) is 8.45. The number of nitrogens with one attached hydrogen (secondary N) is 1. The Morgan fingerprint density at radius 1 is 1.20 bits per heavy atom. The molecule has 1 saturated carbocycles. The van der Waals surface area contributed by atoms with Gasteiger partial charge in [0.15, 0.2) is 0 Å². The predicted octanol–water partition coefficient (Wildman–Crippen LogP) is 1.36. The Bertz CT molecular complexity index is 860. The van der Waals surface area contributed by atoms with Gasteiger partial charge in [0.25, 0.3) is 5.91 Å². The van der Waals surface area contributed by atoms with E-state index in [0.717, 1.165) is 0 Å². The van der Waals surface area contributed by atoms with E-state index < -0.39 is 18.0 Å². The molecule has 2 heterocycles. The molecule has 4 rings (SSSR count). The van der Waals surface area contributed by atoms with Gasteiger partial charge >= 0.3 is 0 Å². The minimum Gasteiger partial charge on any atom is -0.487 e. The average molecular weight is 415 g/mol. The van der Waals surface area contributed by atoms with Crippen LogP contribution in [0, 0.1) is 5.82 Å². The van der Waals surface area contributed by atoms with Gasteiger partial charge in [-0.3, -0.25) is 14.7 Å². The fraction of sp³-hybridized carbons (Fsp3) is 0.455. The molecule has 30 heavy (non-hydrogen) atoms. The van der Waals surface area contributed by atoms with Crippen LogP contribution in [0.2, 0.25) is 0 Å². The van der Waals surface area contributed by atoms with Gasteiger partial charge < -0.3 is 20.3 Å². The number of carbonyl (C=O) groups is 1. The number of aliphatic hydroxyl groups excluding tert-OH is 2. The molecule has 2 aliphatic rings. The van der Waals surface area contributed by atoms with E-state index in [1.54, 1.807) is 30.5 Å². The van der Waals surface area contributed by atoms with Crippen molar-refractivity contribution in [2.45, 2.75) is 49.7 Å². The van der Waals surface area contributed by atoms with Crippen LogP contribution in [0.5, 0.6) is 5.75 Å². The molecule has 1 aliphatic heterocycles. The van der Waals surface area contributed by atoms with Gasteiger partial charge in [0.05, 0.1) is 23.8 Å². The molecule has 2 fully saturated rings. The van der Waals surface area contributed by atoms with Crippen LogP contribution in [0.3, 0.4) is 0 Å². The van der Waals surface area contributed by atoms with Crippen molar-refractivity contribution in [2.24, 2.45) is 0 Å². The SMILES string of the molecule is O=C(N[C@@H]1C[C@@H](Oc2cccc(F)c2)[C@H](O)[C@H]1N1CCC(O)CC1)c1cccnc1. The second kappa shape index (κ2) is 9.07. The van der Waals surface area contributed by atoms with Crippen molar-refractivity contribution in [3.63, 3.8) is 0 Å². The third-order valence-corrected chi connectivity index (χ3v) is 5.87. The standard InChI is InChI=1S/C22H26FN3O4/c23-15-4-1-5-17(11-15)30-19-12-18(25-22(29)14-3-2-8-24-13-14)20(21(19)28)26-9-6-16(27)7-10-26/h1-5,8,11,13,16,18-21,27-28H,6-7,9-10,12H2,(H,25,29)/t18-,19-,20+,21+/m1/s1. The molecule has 4 atom stereocenters. The summed E-state index contributed by atoms with van der Waals surface area (Å²) >= 11 is 0. The summed E-state index contributed by atoms with van der Waals surface area (Å²) in [5.74, 6) is -0.345. The minimum atomic E-state index is -0.872. The maximum absolute atomic E-state index is 13.5. The Morgan fingerprint density at radius 2 is 2.00 bits per heavy atom. The zero-order valence-corrected chi connectivity index (χ0v) is 16.5. The summed E-state index contributed by atoms with van der Waals surface area (Å²) in [5, 5.41) is 23.9. The molecule has 1 aliphatic carbocycles. The van der Waals surface area contributed by atoms with Crippen molar-refractivity contribution >= 4 is 5.91 Å². The van der Waals surface area contributed by atoms with Crippen molar-refractivity contribution in [3.05, 3.63) is 60.2 Å². The van der Waals surface area contributed by atoms with E-state index in [2.05, 4.69) is 15.2 Å². The predicted molar refractivity (Wildman–Crippen MR) is 108 cm³/mol. The molecule has 3 N–H and O–H groups in total. The molecule has 0 radical (unpaired) electrons. The molecule has 1 aromatic heterocycles. The van der Waals surface area contributed by atoms with Crippen LogP contribution in [-0.4, -0.2) is 69.5 Å². The first kappa shape index (κ1) is 20.7. The van der Waals surface area contributed by atoms with E-state index in [4.69, 9.17) is 4.74 Å². The van der Waals surface area contributed by atoms with Crippen LogP contribution in [-0.2, 0) is 0 Å². The summed E-state index contributed by atoms with van der Waals surface area (Å²) in [6.45, 7) is 1.24. The number of carbonyl (C=O) groups excluding carboxylic acids is 1. The quantitative estimate of drug-likeness (QED) is 0.683. The van der Waals surface area contributed by atoms with Crippen LogP contribution in [0.25, 0.3) is 0 Å². The summed E-state index contributed by atoms with van der Waals surface area (Å²) in [7, 11) is 0. The molecule has 7 nitrogen and oxygen atoms in total. The maximum Gasteiger partial charge on any atom is 0.253 e. The van der Waals surface area contributed by atoms with Crippen molar-refractivity contribution in [1.29, 1.82) is 0 Å². The zero-order chi connectivity index (χ0) is 21.1. The molecular formula is C22H26FN3O4. The number of rotatable bonds is 5. The highest BCUT2D eigenvalue weighted by Crippen LogP contribution is 2.31. The molecule has 160 valence electrons. The summed E-state index contributed by atoms with van der Waals surface area (Å²) < 4.78 is 19.4. The number of likely N-dealkylation sites (tertiary alicyclic amines) is 1. The highest BCUT2D eigenvalue weighted by Gasteiger charge is 2.48. The van der Waals surface area contributed by atoms with Gasteiger partial charge in [0, 0.05) is 38.0 Å². The Balaban J connectivity index is 1.52. The van der Waals surface area contributed by atoms with Crippen molar-refractivity contribution < 1.29 is 24.1 Å². The molecule has 1 amide bonds. The van der Waals surface area contributed by atoms with Gasteiger partial charge in [0.2, 0.25) is 0 Å². The molecule has 8 heteroatoms. The number of halogens is 1. The number of pyridine rings is 1. The zero-order valence-electron chi connectivity index (χ0n) is 16.5. The van der Waals surface area contributed by atoms with Crippen LogP contribution >= 0.6 is 0 Å². The first-order valence-electron chi connectivity index (χ1n) is 10.2. The lowest BCUT2D eigenvalue weighted by atomic mass is 10.0. The molecule has 0 unspecified atom stereocenters. The minimum absolute atomic E-state index is 0.270. The first-order chi connectivity index (χ1) is 14.5. The summed E-state index contributed by atoms with van der Waals surface area (Å²) in [5.41, 5.74) is 0.439. The first-order valence-corrected chi connectivity index (χ1v) is 10.2. The lowest BCUT2D eigenvalue weighted by Crippen LogP contribution is -2.55. The number of piperidine rings is 1. The Hall–Kier alpha value is -2.55. The molecule has 1 aromatic carbocycles. The topological polar surface area (TPSA) is 94.9 Å². The highest BCUT2D eigenvalue weighted by atomic mass is 19.1. The van der Waals surface area contributed by atoms with Crippen LogP contribution < -0.4 is 10.1 Å². The molecule has 1 saturated heterocycles. The van der Waals surface area contributed by atoms with Gasteiger partial charge in [-0.2, -0.15) is 0 Å². The maximum atomic E-state index is 13.5. The number of aliphatic hydroxyl groups is 2. The molecule has 0 bridgehead atoms. The van der Waals surface area contributed by atoms with Gasteiger partial charge in [-0.1, -0.05) is 6.07 Å². The van der Waals surface area contributed by atoms with E-state index in [9.17, 15) is 19.4 Å². The van der Waals surface area contributed by atoms with E-state index in [-0.39, 0.29) is 24.1 Å². The van der Waals surface area contributed by atoms with Crippen molar-refractivity contribution in [2.75, 3.05) is 13.1 Å². The van der Waals surface area contributed by atoms with Crippen LogP contribution in [0.4, 0.5) is 4.39 Å². The van der Waals surface area contributed by atoms with Gasteiger partial charge in [-0.15, -0.1) is 0 Å². The van der Waals surface area contributed by atoms with E-state index in [1.807, 2.05) is 0 Å². The fourth-order valence-electron chi connectivity index (χ4n) is 4.37. The van der Waals surface area contributed by atoms with Crippen LogP contribution in [0.15, 0.2) is 48.8 Å². The Morgan fingerprint density at radius 3 is 2.70 bits per heavy atom. The lowest BCUT2D eigenvalue weighted by Gasteiger charge is -2.38. The number of hydrogen-bond donors (Lipinski definition) is 3. The Kier molecular flexibility index (Phi) is 6.26. The largest absolute Gasteiger partial charge is 0.487 e. The van der Waals surface area contributed by atoms with Crippen LogP contribution in [0.1, 0.15) is 29.6 Å². The normalized spacial score (nSPS) is 27.7. The molecular weight excluding hydrogens is 389 g/mol. The van der Waals surface area contributed by atoms with Crippen molar-refractivity contribution in [1.82, 2.24) is 15.2 Å². The van der Waals surface area contributed by atoms with Gasteiger partial charge in [-0.25, -0.2) is 4.39 Å². The fourth-order valence-corrected chi connectivity index (χ4v) is 4.37. The van der Waals surface area contributed by atoms with Gasteiger partial charge in [0.1, 0.15) is 23.8 Å². The molecule has 2 aromatic rings. The number of benzene rings is 1. The second-order valence-corrected chi connectivity index (χ2v) is 7.92. The Labute approximate surface area is 174 Å². The average Bonchev–Trinajstić information content (AvgIpc) is 3.04. The number of ether oxygens (including phenoxy) is 1. The van der Waals surface area contributed by atoms with E-state index >= 15 is 0 Å².